The summed E-state index contributed by atoms with van der Waals surface area (Å²) in [6.45, 7) is 4.74. The van der Waals surface area contributed by atoms with E-state index in [0.717, 1.165) is 33.5 Å². The molecule has 1 N–H and O–H groups in total. The molecule has 27 heavy (non-hydrogen) atoms. The normalized spacial score (nSPS) is 11.1. The van der Waals surface area contributed by atoms with Gasteiger partial charge < -0.3 is 9.88 Å². The molecule has 0 radical (unpaired) electrons. The highest BCUT2D eigenvalue weighted by Crippen LogP contribution is 2.24. The Morgan fingerprint density at radius 1 is 1.07 bits per heavy atom. The number of aryl methyl sites for hydroxylation is 3. The molecule has 5 nitrogen and oxygen atoms in total. The first-order chi connectivity index (χ1) is 13.0. The minimum atomic E-state index is -0.107. The van der Waals surface area contributed by atoms with Gasteiger partial charge >= 0.3 is 0 Å². The summed E-state index contributed by atoms with van der Waals surface area (Å²) in [5.74, 6) is -0.107. The highest BCUT2D eigenvalue weighted by Gasteiger charge is 2.10. The largest absolute Gasteiger partial charge is 0.350 e. The molecule has 2 heterocycles. The number of hydrogen-bond acceptors (Lipinski definition) is 2. The Morgan fingerprint density at radius 2 is 1.85 bits per heavy atom. The first-order valence-corrected chi connectivity index (χ1v) is 8.96. The van der Waals surface area contributed by atoms with Crippen LogP contribution >= 0.6 is 0 Å². The third-order valence-corrected chi connectivity index (χ3v) is 4.83. The number of rotatable bonds is 4. The zero-order chi connectivity index (χ0) is 19.0. The molecule has 0 saturated heterocycles. The minimum absolute atomic E-state index is 0.107. The Kier molecular flexibility index (Phi) is 4.28. The third-order valence-electron chi connectivity index (χ3n) is 4.83. The summed E-state index contributed by atoms with van der Waals surface area (Å²) in [5, 5.41) is 8.55. The Hall–Kier alpha value is -3.34. The molecule has 4 rings (SSSR count). The molecule has 0 bridgehead atoms. The second-order valence-corrected chi connectivity index (χ2v) is 6.90. The summed E-state index contributed by atoms with van der Waals surface area (Å²) >= 11 is 0. The molecule has 0 unspecified atom stereocenters. The van der Waals surface area contributed by atoms with Gasteiger partial charge in [-0.25, -0.2) is 0 Å². The van der Waals surface area contributed by atoms with E-state index in [1.54, 1.807) is 0 Å². The second kappa shape index (κ2) is 6.76. The van der Waals surface area contributed by atoms with E-state index in [0.29, 0.717) is 12.1 Å². The van der Waals surface area contributed by atoms with Gasteiger partial charge in [0.05, 0.1) is 17.9 Å². The van der Waals surface area contributed by atoms with Gasteiger partial charge in [0.2, 0.25) is 0 Å². The summed E-state index contributed by atoms with van der Waals surface area (Å²) in [6.07, 6.45) is 1.99. The lowest BCUT2D eigenvalue weighted by molar-refractivity contribution is 0.102. The number of benzene rings is 2. The summed E-state index contributed by atoms with van der Waals surface area (Å²) < 4.78 is 4.01. The molecule has 4 aromatic rings. The Labute approximate surface area is 158 Å². The number of amides is 1. The zero-order valence-electron chi connectivity index (χ0n) is 15.7. The molecule has 0 saturated carbocycles. The molecule has 0 spiro atoms. The van der Waals surface area contributed by atoms with Crippen LogP contribution in [0.25, 0.3) is 10.9 Å². The number of anilines is 1. The van der Waals surface area contributed by atoms with Crippen molar-refractivity contribution in [1.82, 2.24) is 14.3 Å². The predicted molar refractivity (Wildman–Crippen MR) is 108 cm³/mol. The van der Waals surface area contributed by atoms with Crippen molar-refractivity contribution in [2.24, 2.45) is 7.05 Å². The van der Waals surface area contributed by atoms with Crippen LogP contribution in [-0.2, 0) is 13.6 Å². The summed E-state index contributed by atoms with van der Waals surface area (Å²) in [6, 6.07) is 17.7. The summed E-state index contributed by atoms with van der Waals surface area (Å²) in [5.41, 5.74) is 5.81. The van der Waals surface area contributed by atoms with Crippen molar-refractivity contribution in [3.8, 4) is 0 Å². The van der Waals surface area contributed by atoms with Gasteiger partial charge in [-0.05, 0) is 55.8 Å². The molecule has 0 aliphatic rings. The minimum Gasteiger partial charge on any atom is -0.350 e. The highest BCUT2D eigenvalue weighted by atomic mass is 16.1. The van der Waals surface area contributed by atoms with E-state index in [2.05, 4.69) is 16.5 Å². The molecule has 2 aromatic heterocycles. The van der Waals surface area contributed by atoms with Gasteiger partial charge in [-0.3, -0.25) is 9.48 Å². The van der Waals surface area contributed by atoms with Crippen molar-refractivity contribution in [1.29, 1.82) is 0 Å². The molecule has 0 aliphatic carbocycles. The fourth-order valence-corrected chi connectivity index (χ4v) is 3.38. The molecule has 0 aliphatic heterocycles. The van der Waals surface area contributed by atoms with Crippen molar-refractivity contribution in [3.05, 3.63) is 83.3 Å². The van der Waals surface area contributed by atoms with Crippen molar-refractivity contribution in [2.45, 2.75) is 20.4 Å². The maximum atomic E-state index is 12.7. The van der Waals surface area contributed by atoms with Gasteiger partial charge in [0.15, 0.2) is 0 Å². The topological polar surface area (TPSA) is 51.9 Å². The molecular weight excluding hydrogens is 336 g/mol. The van der Waals surface area contributed by atoms with Crippen LogP contribution in [0.2, 0.25) is 0 Å². The average Bonchev–Trinajstić information content (AvgIpc) is 3.18. The first-order valence-electron chi connectivity index (χ1n) is 8.96. The van der Waals surface area contributed by atoms with Crippen LogP contribution in [0, 0.1) is 13.8 Å². The fraction of sp³-hybridized carbons (Fsp3) is 0.182. The van der Waals surface area contributed by atoms with Gasteiger partial charge in [0, 0.05) is 35.4 Å². The molecule has 2 aromatic carbocycles. The number of carbonyl (C=O) groups is 1. The number of aromatic nitrogens is 3. The number of nitrogens with zero attached hydrogens (tertiary/aromatic N) is 3. The second-order valence-electron chi connectivity index (χ2n) is 6.90. The lowest BCUT2D eigenvalue weighted by Crippen LogP contribution is -2.12. The van der Waals surface area contributed by atoms with E-state index in [1.165, 1.54) is 0 Å². The standard InChI is InChI=1S/C22H22N4O/c1-15-13-16(2)26(24-15)14-17-7-9-18(10-8-17)22(27)23-20-5-4-6-21-19(20)11-12-25(21)3/h4-13H,14H2,1-3H3,(H,23,27). The average molecular weight is 358 g/mol. The fourth-order valence-electron chi connectivity index (χ4n) is 3.38. The maximum absolute atomic E-state index is 12.7. The highest BCUT2D eigenvalue weighted by molar-refractivity contribution is 6.08. The van der Waals surface area contributed by atoms with Crippen LogP contribution in [0.5, 0.6) is 0 Å². The number of carbonyl (C=O) groups excluding carboxylic acids is 1. The van der Waals surface area contributed by atoms with E-state index in [1.807, 2.05) is 84.9 Å². The Morgan fingerprint density at radius 3 is 2.56 bits per heavy atom. The molecule has 0 atom stereocenters. The zero-order valence-corrected chi connectivity index (χ0v) is 15.7. The maximum Gasteiger partial charge on any atom is 0.255 e. The Bertz CT molecular complexity index is 1120. The number of fused-ring (bicyclic) bond motifs is 1. The SMILES string of the molecule is Cc1cc(C)n(Cc2ccc(C(=O)Nc3cccc4c3ccn4C)cc2)n1. The third kappa shape index (κ3) is 3.36. The summed E-state index contributed by atoms with van der Waals surface area (Å²) in [4.78, 5) is 12.7. The van der Waals surface area contributed by atoms with E-state index in [4.69, 9.17) is 0 Å². The number of nitrogens with one attached hydrogen (secondary N) is 1. The van der Waals surface area contributed by atoms with Gasteiger partial charge in [-0.1, -0.05) is 18.2 Å². The van der Waals surface area contributed by atoms with Crippen LogP contribution in [0.4, 0.5) is 5.69 Å². The molecular formula is C22H22N4O. The van der Waals surface area contributed by atoms with Gasteiger partial charge in [0.25, 0.3) is 5.91 Å². The van der Waals surface area contributed by atoms with E-state index < -0.39 is 0 Å². The van der Waals surface area contributed by atoms with Gasteiger partial charge in [-0.2, -0.15) is 5.10 Å². The van der Waals surface area contributed by atoms with Crippen LogP contribution in [0.15, 0.2) is 60.8 Å². The van der Waals surface area contributed by atoms with Crippen LogP contribution in [-0.4, -0.2) is 20.3 Å². The van der Waals surface area contributed by atoms with Crippen molar-refractivity contribution in [2.75, 3.05) is 5.32 Å². The molecule has 0 fully saturated rings. The van der Waals surface area contributed by atoms with Crippen molar-refractivity contribution in [3.63, 3.8) is 0 Å². The monoisotopic (exact) mass is 358 g/mol. The van der Waals surface area contributed by atoms with Gasteiger partial charge in [0.1, 0.15) is 0 Å². The van der Waals surface area contributed by atoms with Crippen molar-refractivity contribution >= 4 is 22.5 Å². The van der Waals surface area contributed by atoms with Gasteiger partial charge in [-0.15, -0.1) is 0 Å². The van der Waals surface area contributed by atoms with Crippen LogP contribution in [0.1, 0.15) is 27.3 Å². The lowest BCUT2D eigenvalue weighted by atomic mass is 10.1. The summed E-state index contributed by atoms with van der Waals surface area (Å²) in [7, 11) is 2.00. The van der Waals surface area contributed by atoms with Crippen LogP contribution < -0.4 is 5.32 Å². The lowest BCUT2D eigenvalue weighted by Gasteiger charge is -2.09. The van der Waals surface area contributed by atoms with E-state index in [9.17, 15) is 4.79 Å². The van der Waals surface area contributed by atoms with E-state index >= 15 is 0 Å². The molecule has 136 valence electrons. The van der Waals surface area contributed by atoms with E-state index in [-0.39, 0.29) is 5.91 Å². The molecule has 1 amide bonds. The molecule has 5 heteroatoms. The quantitative estimate of drug-likeness (QED) is 0.592. The van der Waals surface area contributed by atoms with Crippen molar-refractivity contribution < 1.29 is 4.79 Å². The number of hydrogen-bond donors (Lipinski definition) is 1. The Balaban J connectivity index is 1.51. The first kappa shape index (κ1) is 17.1. The smallest absolute Gasteiger partial charge is 0.255 e. The van der Waals surface area contributed by atoms with Crippen LogP contribution in [0.3, 0.4) is 0 Å². The predicted octanol–water partition coefficient (Wildman–Crippen LogP) is 4.29.